The van der Waals surface area contributed by atoms with E-state index in [2.05, 4.69) is 20.7 Å². The first-order valence-corrected chi connectivity index (χ1v) is 5.31. The topological polar surface area (TPSA) is 26.3 Å². The fraction of sp³-hybridized carbons (Fsp3) is 0.222. The zero-order valence-electron chi connectivity index (χ0n) is 7.65. The van der Waals surface area contributed by atoms with E-state index in [1.807, 2.05) is 0 Å². The lowest BCUT2D eigenvalue weighted by atomic mass is 10.1. The van der Waals surface area contributed by atoms with Gasteiger partial charge in [-0.2, -0.15) is 0 Å². The SMILES string of the molecule is O=C(CCl)c1c(Br)cccc1OC(F)(F)F. The second kappa shape index (κ2) is 5.05. The van der Waals surface area contributed by atoms with Crippen LogP contribution in [0, 0.1) is 0 Å². The van der Waals surface area contributed by atoms with E-state index in [1.165, 1.54) is 12.1 Å². The smallest absolute Gasteiger partial charge is 0.405 e. The molecule has 1 aromatic rings. The quantitative estimate of drug-likeness (QED) is 0.626. The van der Waals surface area contributed by atoms with Crippen LogP contribution < -0.4 is 4.74 Å². The van der Waals surface area contributed by atoms with Crippen molar-refractivity contribution in [2.24, 2.45) is 0 Å². The second-order valence-corrected chi connectivity index (χ2v) is 3.84. The van der Waals surface area contributed by atoms with Crippen LogP contribution in [0.15, 0.2) is 22.7 Å². The Bertz CT molecular complexity index is 406. The number of carbonyl (C=O) groups excluding carboxylic acids is 1. The molecule has 0 aliphatic carbocycles. The number of hydrogen-bond acceptors (Lipinski definition) is 2. The third-order valence-corrected chi connectivity index (χ3v) is 2.50. The number of benzene rings is 1. The van der Waals surface area contributed by atoms with Gasteiger partial charge in [-0.05, 0) is 28.1 Å². The van der Waals surface area contributed by atoms with Gasteiger partial charge < -0.3 is 4.74 Å². The lowest BCUT2D eigenvalue weighted by Gasteiger charge is -2.12. The van der Waals surface area contributed by atoms with Crippen LogP contribution in [-0.2, 0) is 0 Å². The number of alkyl halides is 4. The fourth-order valence-electron chi connectivity index (χ4n) is 1.05. The summed E-state index contributed by atoms with van der Waals surface area (Å²) in [6.45, 7) is 0. The summed E-state index contributed by atoms with van der Waals surface area (Å²) in [5.41, 5.74) is -0.213. The lowest BCUT2D eigenvalue weighted by Crippen LogP contribution is -2.19. The Hall–Kier alpha value is -0.750. The van der Waals surface area contributed by atoms with Crippen molar-refractivity contribution >= 4 is 33.3 Å². The number of halogens is 5. The molecule has 2 nitrogen and oxygen atoms in total. The van der Waals surface area contributed by atoms with Gasteiger partial charge in [0, 0.05) is 4.47 Å². The van der Waals surface area contributed by atoms with E-state index in [9.17, 15) is 18.0 Å². The molecule has 0 saturated heterocycles. The molecule has 0 spiro atoms. The molecule has 1 aromatic carbocycles. The first kappa shape index (κ1) is 13.3. The van der Waals surface area contributed by atoms with Crippen molar-refractivity contribution in [3.05, 3.63) is 28.2 Å². The summed E-state index contributed by atoms with van der Waals surface area (Å²) in [6, 6.07) is 3.82. The number of carbonyl (C=O) groups is 1. The van der Waals surface area contributed by atoms with Gasteiger partial charge in [-0.25, -0.2) is 0 Å². The van der Waals surface area contributed by atoms with E-state index in [1.54, 1.807) is 0 Å². The minimum absolute atomic E-state index is 0.208. The molecular weight excluding hydrogens is 312 g/mol. The Kier molecular flexibility index (Phi) is 4.21. The molecule has 7 heteroatoms. The minimum Gasteiger partial charge on any atom is -0.405 e. The van der Waals surface area contributed by atoms with Crippen LogP contribution >= 0.6 is 27.5 Å². The molecular formula is C9H5BrClF3O2. The third-order valence-electron chi connectivity index (χ3n) is 1.60. The summed E-state index contributed by atoms with van der Waals surface area (Å²) < 4.78 is 40.1. The molecule has 0 aliphatic heterocycles. The van der Waals surface area contributed by atoms with Gasteiger partial charge in [0.15, 0.2) is 5.78 Å². The molecule has 0 unspecified atom stereocenters. The Morgan fingerprint density at radius 3 is 2.56 bits per heavy atom. The number of ether oxygens (including phenoxy) is 1. The van der Waals surface area contributed by atoms with E-state index in [0.29, 0.717) is 0 Å². The molecule has 1 rings (SSSR count). The molecule has 0 N–H and O–H groups in total. The van der Waals surface area contributed by atoms with Gasteiger partial charge >= 0.3 is 6.36 Å². The van der Waals surface area contributed by atoms with Gasteiger partial charge in [0.2, 0.25) is 0 Å². The largest absolute Gasteiger partial charge is 0.573 e. The normalized spacial score (nSPS) is 11.3. The first-order chi connectivity index (χ1) is 7.35. The highest BCUT2D eigenvalue weighted by Gasteiger charge is 2.33. The molecule has 0 saturated carbocycles. The Morgan fingerprint density at radius 1 is 1.44 bits per heavy atom. The predicted molar refractivity (Wildman–Crippen MR) is 55.9 cm³/mol. The molecule has 0 atom stereocenters. The van der Waals surface area contributed by atoms with E-state index < -0.39 is 23.8 Å². The summed E-state index contributed by atoms with van der Waals surface area (Å²) in [4.78, 5) is 11.3. The maximum absolute atomic E-state index is 12.0. The van der Waals surface area contributed by atoms with Crippen molar-refractivity contribution in [3.63, 3.8) is 0 Å². The molecule has 16 heavy (non-hydrogen) atoms. The number of rotatable bonds is 3. The van der Waals surface area contributed by atoms with E-state index in [4.69, 9.17) is 11.6 Å². The second-order valence-electron chi connectivity index (χ2n) is 2.72. The summed E-state index contributed by atoms with van der Waals surface area (Å²) in [6.07, 6.45) is -4.85. The standard InChI is InChI=1S/C9H5BrClF3O2/c10-5-2-1-3-7(16-9(12,13)14)8(5)6(15)4-11/h1-3H,4H2. The van der Waals surface area contributed by atoms with Crippen molar-refractivity contribution in [1.29, 1.82) is 0 Å². The average molecular weight is 317 g/mol. The fourth-order valence-corrected chi connectivity index (χ4v) is 1.75. The zero-order valence-corrected chi connectivity index (χ0v) is 9.99. The van der Waals surface area contributed by atoms with Crippen LogP contribution in [0.5, 0.6) is 5.75 Å². The molecule has 0 aromatic heterocycles. The molecule has 0 fully saturated rings. The monoisotopic (exact) mass is 316 g/mol. The van der Waals surface area contributed by atoms with Crippen LogP contribution in [0.25, 0.3) is 0 Å². The van der Waals surface area contributed by atoms with E-state index in [-0.39, 0.29) is 10.0 Å². The van der Waals surface area contributed by atoms with Gasteiger partial charge in [0.25, 0.3) is 0 Å². The zero-order chi connectivity index (χ0) is 12.3. The Morgan fingerprint density at radius 2 is 2.06 bits per heavy atom. The van der Waals surface area contributed by atoms with E-state index >= 15 is 0 Å². The highest BCUT2D eigenvalue weighted by atomic mass is 79.9. The van der Waals surface area contributed by atoms with Crippen molar-refractivity contribution < 1.29 is 22.7 Å². The number of ketones is 1. The van der Waals surface area contributed by atoms with Crippen molar-refractivity contribution in [2.45, 2.75) is 6.36 Å². The predicted octanol–water partition coefficient (Wildman–Crippen LogP) is 3.77. The maximum Gasteiger partial charge on any atom is 0.573 e. The van der Waals surface area contributed by atoms with Gasteiger partial charge in [-0.15, -0.1) is 24.8 Å². The van der Waals surface area contributed by atoms with Crippen molar-refractivity contribution in [3.8, 4) is 5.75 Å². The van der Waals surface area contributed by atoms with Crippen LogP contribution in [-0.4, -0.2) is 18.0 Å². The van der Waals surface area contributed by atoms with Crippen molar-refractivity contribution in [2.75, 3.05) is 5.88 Å². The Balaban J connectivity index is 3.18. The molecule has 0 amide bonds. The molecule has 0 bridgehead atoms. The minimum atomic E-state index is -4.85. The molecule has 0 aliphatic rings. The average Bonchev–Trinajstić information content (AvgIpc) is 2.14. The van der Waals surface area contributed by atoms with Crippen molar-refractivity contribution in [1.82, 2.24) is 0 Å². The summed E-state index contributed by atoms with van der Waals surface area (Å²) in [5.74, 6) is -1.63. The van der Waals surface area contributed by atoms with Crippen LogP contribution in [0.3, 0.4) is 0 Å². The Labute approximate surface area is 102 Å². The summed E-state index contributed by atoms with van der Waals surface area (Å²) >= 11 is 8.26. The van der Waals surface area contributed by atoms with Gasteiger partial charge in [-0.3, -0.25) is 4.79 Å². The maximum atomic E-state index is 12.0. The van der Waals surface area contributed by atoms with Gasteiger partial charge in [-0.1, -0.05) is 6.07 Å². The van der Waals surface area contributed by atoms with Crippen LogP contribution in [0.2, 0.25) is 0 Å². The van der Waals surface area contributed by atoms with Gasteiger partial charge in [0.05, 0.1) is 11.4 Å². The van der Waals surface area contributed by atoms with Crippen LogP contribution in [0.1, 0.15) is 10.4 Å². The number of Topliss-reactive ketones (excluding diaryl/α,β-unsaturated/α-hetero) is 1. The summed E-state index contributed by atoms with van der Waals surface area (Å²) in [7, 11) is 0. The highest BCUT2D eigenvalue weighted by Crippen LogP contribution is 2.31. The molecule has 88 valence electrons. The lowest BCUT2D eigenvalue weighted by molar-refractivity contribution is -0.274. The highest BCUT2D eigenvalue weighted by molar-refractivity contribution is 9.10. The number of hydrogen-bond donors (Lipinski definition) is 0. The molecule has 0 radical (unpaired) electrons. The summed E-state index contributed by atoms with van der Waals surface area (Å²) in [5, 5.41) is 0. The van der Waals surface area contributed by atoms with E-state index in [0.717, 1.165) is 6.07 Å². The third kappa shape index (κ3) is 3.38. The first-order valence-electron chi connectivity index (χ1n) is 3.98. The molecule has 0 heterocycles. The van der Waals surface area contributed by atoms with Gasteiger partial charge in [0.1, 0.15) is 5.75 Å². The van der Waals surface area contributed by atoms with Crippen LogP contribution in [0.4, 0.5) is 13.2 Å².